The number of benzene rings is 3. The second-order valence-electron chi connectivity index (χ2n) is 7.94. The van der Waals surface area contributed by atoms with Crippen LogP contribution in [0, 0.1) is 27.7 Å². The van der Waals surface area contributed by atoms with E-state index in [1.807, 2.05) is 26.8 Å². The summed E-state index contributed by atoms with van der Waals surface area (Å²) in [6.45, 7) is 9.77. The maximum atomic E-state index is 12.9. The van der Waals surface area contributed by atoms with Gasteiger partial charge in [-0.25, -0.2) is 8.42 Å². The smallest absolute Gasteiger partial charge is 0.262 e. The van der Waals surface area contributed by atoms with E-state index in [0.29, 0.717) is 16.8 Å². The monoisotopic (exact) mass is 436 g/mol. The quantitative estimate of drug-likeness (QED) is 0.557. The number of carbonyl (C=O) groups is 1. The summed E-state index contributed by atoms with van der Waals surface area (Å²) in [6.07, 6.45) is 0. The highest BCUT2D eigenvalue weighted by Crippen LogP contribution is 2.24. The zero-order valence-electron chi connectivity index (χ0n) is 18.5. The number of sulfonamides is 1. The lowest BCUT2D eigenvalue weighted by Crippen LogP contribution is -2.27. The molecule has 1 atom stereocenters. The van der Waals surface area contributed by atoms with E-state index in [9.17, 15) is 13.2 Å². The summed E-state index contributed by atoms with van der Waals surface area (Å²) in [7, 11) is -3.83. The molecule has 3 rings (SSSR count). The molecule has 162 valence electrons. The van der Waals surface area contributed by atoms with Crippen molar-refractivity contribution in [3.05, 3.63) is 94.0 Å². The first-order valence-electron chi connectivity index (χ1n) is 10.2. The fourth-order valence-corrected chi connectivity index (χ4v) is 4.88. The van der Waals surface area contributed by atoms with Crippen molar-refractivity contribution >= 4 is 21.6 Å². The Bertz CT molecular complexity index is 1220. The van der Waals surface area contributed by atoms with Gasteiger partial charge < -0.3 is 5.32 Å². The lowest BCUT2D eigenvalue weighted by molar-refractivity contribution is 0.0939. The molecule has 1 amide bonds. The molecule has 0 radical (unpaired) electrons. The first kappa shape index (κ1) is 22.6. The van der Waals surface area contributed by atoms with Crippen LogP contribution in [-0.4, -0.2) is 14.3 Å². The van der Waals surface area contributed by atoms with Gasteiger partial charge in [0.05, 0.1) is 10.9 Å². The third-order valence-electron chi connectivity index (χ3n) is 5.46. The van der Waals surface area contributed by atoms with E-state index in [1.54, 1.807) is 43.3 Å². The molecule has 6 heteroatoms. The van der Waals surface area contributed by atoms with Crippen molar-refractivity contribution < 1.29 is 13.2 Å². The molecule has 0 fully saturated rings. The van der Waals surface area contributed by atoms with E-state index in [-0.39, 0.29) is 16.8 Å². The van der Waals surface area contributed by atoms with Crippen LogP contribution < -0.4 is 10.0 Å². The van der Waals surface area contributed by atoms with Gasteiger partial charge in [-0.1, -0.05) is 36.4 Å². The van der Waals surface area contributed by atoms with Crippen molar-refractivity contribution in [2.24, 2.45) is 0 Å². The van der Waals surface area contributed by atoms with E-state index in [2.05, 4.69) is 29.1 Å². The second-order valence-corrected chi connectivity index (χ2v) is 9.59. The van der Waals surface area contributed by atoms with Crippen molar-refractivity contribution in [2.75, 3.05) is 4.72 Å². The maximum absolute atomic E-state index is 12.9. The van der Waals surface area contributed by atoms with Crippen LogP contribution in [0.2, 0.25) is 0 Å². The Morgan fingerprint density at radius 1 is 0.806 bits per heavy atom. The van der Waals surface area contributed by atoms with E-state index in [0.717, 1.165) is 16.7 Å². The first-order chi connectivity index (χ1) is 14.6. The topological polar surface area (TPSA) is 75.3 Å². The Morgan fingerprint density at radius 2 is 1.45 bits per heavy atom. The number of hydrogen-bond donors (Lipinski definition) is 2. The van der Waals surface area contributed by atoms with Crippen LogP contribution in [0.3, 0.4) is 0 Å². The minimum absolute atomic E-state index is 0.0824. The summed E-state index contributed by atoms with van der Waals surface area (Å²) < 4.78 is 28.4. The molecule has 5 nitrogen and oxygen atoms in total. The Hall–Kier alpha value is -3.12. The summed E-state index contributed by atoms with van der Waals surface area (Å²) in [4.78, 5) is 13.0. The number of rotatable bonds is 6. The van der Waals surface area contributed by atoms with Crippen LogP contribution in [0.5, 0.6) is 0 Å². The Balaban J connectivity index is 1.85. The molecule has 1 unspecified atom stereocenters. The predicted octanol–water partition coefficient (Wildman–Crippen LogP) is 5.21. The zero-order chi connectivity index (χ0) is 22.8. The molecule has 31 heavy (non-hydrogen) atoms. The third-order valence-corrected chi connectivity index (χ3v) is 6.99. The number of para-hydroxylation sites is 1. The first-order valence-corrected chi connectivity index (χ1v) is 11.6. The highest BCUT2D eigenvalue weighted by molar-refractivity contribution is 7.92. The van der Waals surface area contributed by atoms with Crippen molar-refractivity contribution in [2.45, 2.75) is 45.6 Å². The molecule has 0 heterocycles. The third kappa shape index (κ3) is 5.14. The number of anilines is 1. The molecular formula is C25H28N2O3S. The van der Waals surface area contributed by atoms with Gasteiger partial charge in [0.1, 0.15) is 0 Å². The van der Waals surface area contributed by atoms with Gasteiger partial charge in [0.25, 0.3) is 15.9 Å². The molecule has 3 aromatic rings. The van der Waals surface area contributed by atoms with E-state index in [4.69, 9.17) is 0 Å². The van der Waals surface area contributed by atoms with Crippen molar-refractivity contribution in [1.82, 2.24) is 5.32 Å². The number of hydrogen-bond acceptors (Lipinski definition) is 3. The zero-order valence-corrected chi connectivity index (χ0v) is 19.3. The van der Waals surface area contributed by atoms with Gasteiger partial charge in [0, 0.05) is 11.3 Å². The van der Waals surface area contributed by atoms with Crippen LogP contribution in [-0.2, 0) is 10.0 Å². The fourth-order valence-electron chi connectivity index (χ4n) is 3.55. The van der Waals surface area contributed by atoms with Gasteiger partial charge in [-0.2, -0.15) is 0 Å². The molecule has 0 saturated heterocycles. The van der Waals surface area contributed by atoms with Gasteiger partial charge in [-0.15, -0.1) is 0 Å². The number of carbonyl (C=O) groups excluding carboxylic acids is 1. The number of aryl methyl sites for hydroxylation is 4. The van der Waals surface area contributed by atoms with Crippen LogP contribution in [0.1, 0.15) is 51.1 Å². The van der Waals surface area contributed by atoms with Gasteiger partial charge in [-0.05, 0) is 86.7 Å². The normalized spacial score (nSPS) is 12.3. The molecule has 0 spiro atoms. The Labute approximate surface area is 184 Å². The van der Waals surface area contributed by atoms with Crippen LogP contribution >= 0.6 is 0 Å². The standard InChI is InChI=1S/C25H28N2O3S/c1-16-11-12-21(15-24(16)31(29,30)27-22-9-7-6-8-10-22)25(28)26-20(5)23-14-18(3)17(2)13-19(23)4/h6-15,20,27H,1-5H3,(H,26,28). The maximum Gasteiger partial charge on any atom is 0.262 e. The molecule has 0 aliphatic rings. The molecule has 0 aliphatic carbocycles. The number of nitrogens with one attached hydrogen (secondary N) is 2. The van der Waals surface area contributed by atoms with Gasteiger partial charge in [-0.3, -0.25) is 9.52 Å². The van der Waals surface area contributed by atoms with E-state index >= 15 is 0 Å². The predicted molar refractivity (Wildman–Crippen MR) is 125 cm³/mol. The van der Waals surface area contributed by atoms with E-state index < -0.39 is 10.0 Å². The lowest BCUT2D eigenvalue weighted by Gasteiger charge is -2.19. The summed E-state index contributed by atoms with van der Waals surface area (Å²) in [5, 5.41) is 2.99. The highest BCUT2D eigenvalue weighted by Gasteiger charge is 2.20. The molecule has 3 aromatic carbocycles. The SMILES string of the molecule is Cc1cc(C)c(C(C)NC(=O)c2ccc(C)c(S(=O)(=O)Nc3ccccc3)c2)cc1C. The van der Waals surface area contributed by atoms with Crippen molar-refractivity contribution in [3.8, 4) is 0 Å². The summed E-state index contributed by atoms with van der Waals surface area (Å²) >= 11 is 0. The van der Waals surface area contributed by atoms with Gasteiger partial charge in [0.15, 0.2) is 0 Å². The molecule has 0 bridgehead atoms. The van der Waals surface area contributed by atoms with E-state index in [1.165, 1.54) is 11.6 Å². The summed E-state index contributed by atoms with van der Waals surface area (Å²) in [5.41, 5.74) is 5.86. The van der Waals surface area contributed by atoms with Crippen LogP contribution in [0.15, 0.2) is 65.6 Å². The fraction of sp³-hybridized carbons (Fsp3) is 0.240. The second kappa shape index (κ2) is 8.94. The number of amides is 1. The molecule has 0 aliphatic heterocycles. The minimum Gasteiger partial charge on any atom is -0.346 e. The highest BCUT2D eigenvalue weighted by atomic mass is 32.2. The Kier molecular flexibility index (Phi) is 6.51. The molecular weight excluding hydrogens is 408 g/mol. The summed E-state index contributed by atoms with van der Waals surface area (Å²) in [6, 6.07) is 17.4. The molecule has 0 saturated carbocycles. The average Bonchev–Trinajstić information content (AvgIpc) is 2.71. The van der Waals surface area contributed by atoms with Crippen LogP contribution in [0.4, 0.5) is 5.69 Å². The minimum atomic E-state index is -3.83. The molecule has 2 N–H and O–H groups in total. The molecule has 0 aromatic heterocycles. The lowest BCUT2D eigenvalue weighted by atomic mass is 9.96. The average molecular weight is 437 g/mol. The largest absolute Gasteiger partial charge is 0.346 e. The van der Waals surface area contributed by atoms with Crippen molar-refractivity contribution in [1.29, 1.82) is 0 Å². The van der Waals surface area contributed by atoms with Gasteiger partial charge >= 0.3 is 0 Å². The van der Waals surface area contributed by atoms with Gasteiger partial charge in [0.2, 0.25) is 0 Å². The Morgan fingerprint density at radius 3 is 2.13 bits per heavy atom. The summed E-state index contributed by atoms with van der Waals surface area (Å²) in [5.74, 6) is -0.318. The van der Waals surface area contributed by atoms with Crippen LogP contribution in [0.25, 0.3) is 0 Å². The van der Waals surface area contributed by atoms with Crippen molar-refractivity contribution in [3.63, 3.8) is 0 Å².